The molecular formula is C22H27F3N4O2. The fourth-order valence-electron chi connectivity index (χ4n) is 3.32. The summed E-state index contributed by atoms with van der Waals surface area (Å²) < 4.78 is 40.4. The number of nitrogens with zero attached hydrogens (tertiary/aromatic N) is 2. The molecule has 9 heteroatoms. The second-order valence-corrected chi connectivity index (χ2v) is 7.57. The Labute approximate surface area is 179 Å². The van der Waals surface area contributed by atoms with Crippen molar-refractivity contribution in [2.45, 2.75) is 44.9 Å². The summed E-state index contributed by atoms with van der Waals surface area (Å²) in [6.45, 7) is 3.46. The number of alkyl halides is 3. The topological polar surface area (TPSA) is 83.1 Å². The summed E-state index contributed by atoms with van der Waals surface area (Å²) in [6, 6.07) is 13.8. The number of nitrogens with one attached hydrogen (secondary N) is 1. The number of rotatable bonds is 7. The Morgan fingerprint density at radius 3 is 2.23 bits per heavy atom. The van der Waals surface area contributed by atoms with Gasteiger partial charge in [-0.05, 0) is 41.7 Å². The Balaban J connectivity index is 1.42. The van der Waals surface area contributed by atoms with Crippen molar-refractivity contribution in [2.75, 3.05) is 13.1 Å². The molecule has 1 saturated heterocycles. The number of likely N-dealkylation sites (tertiary alicyclic amines) is 1. The van der Waals surface area contributed by atoms with Gasteiger partial charge in [0, 0.05) is 26.2 Å². The summed E-state index contributed by atoms with van der Waals surface area (Å²) in [4.78, 5) is 6.55. The summed E-state index contributed by atoms with van der Waals surface area (Å²) >= 11 is 0. The first-order valence-electron chi connectivity index (χ1n) is 10.1. The van der Waals surface area contributed by atoms with Crippen LogP contribution >= 0.6 is 0 Å². The Hall–Kier alpha value is -2.78. The van der Waals surface area contributed by atoms with Gasteiger partial charge in [-0.1, -0.05) is 36.4 Å². The third kappa shape index (κ3) is 8.10. The molecule has 1 fully saturated rings. The van der Waals surface area contributed by atoms with Crippen molar-refractivity contribution in [1.29, 1.82) is 0 Å². The SMILES string of the molecule is NC(=NCc1ccc(OC(F)(F)F)cc1)NCc1ccc(CN2CCC(O)CC2)cc1. The molecule has 0 radical (unpaired) electrons. The lowest BCUT2D eigenvalue weighted by molar-refractivity contribution is -0.274. The molecule has 31 heavy (non-hydrogen) atoms. The van der Waals surface area contributed by atoms with Crippen LogP contribution in [-0.4, -0.2) is 41.5 Å². The molecule has 4 N–H and O–H groups in total. The second kappa shape index (κ2) is 10.5. The summed E-state index contributed by atoms with van der Waals surface area (Å²) in [6.07, 6.45) is -3.22. The van der Waals surface area contributed by atoms with Gasteiger partial charge < -0.3 is 20.9 Å². The number of aliphatic imine (C=N–C) groups is 1. The summed E-state index contributed by atoms with van der Waals surface area (Å²) in [7, 11) is 0. The van der Waals surface area contributed by atoms with E-state index in [1.807, 2.05) is 12.1 Å². The van der Waals surface area contributed by atoms with E-state index in [1.54, 1.807) is 0 Å². The fraction of sp³-hybridized carbons (Fsp3) is 0.409. The Morgan fingerprint density at radius 1 is 1.03 bits per heavy atom. The van der Waals surface area contributed by atoms with Gasteiger partial charge in [-0.15, -0.1) is 13.2 Å². The predicted octanol–water partition coefficient (Wildman–Crippen LogP) is 3.15. The zero-order valence-corrected chi connectivity index (χ0v) is 17.1. The predicted molar refractivity (Wildman–Crippen MR) is 112 cm³/mol. The number of guanidine groups is 1. The van der Waals surface area contributed by atoms with E-state index in [9.17, 15) is 18.3 Å². The van der Waals surface area contributed by atoms with Gasteiger partial charge in [0.05, 0.1) is 12.6 Å². The van der Waals surface area contributed by atoms with Crippen molar-refractivity contribution < 1.29 is 23.0 Å². The number of aliphatic hydroxyl groups excluding tert-OH is 1. The smallest absolute Gasteiger partial charge is 0.406 e. The van der Waals surface area contributed by atoms with E-state index in [4.69, 9.17) is 5.73 Å². The molecule has 168 valence electrons. The minimum Gasteiger partial charge on any atom is -0.406 e. The third-order valence-electron chi connectivity index (χ3n) is 5.05. The molecule has 3 rings (SSSR count). The summed E-state index contributed by atoms with van der Waals surface area (Å²) in [5.74, 6) is -0.0146. The van der Waals surface area contributed by atoms with E-state index in [0.717, 1.165) is 38.0 Å². The largest absolute Gasteiger partial charge is 0.573 e. The van der Waals surface area contributed by atoms with E-state index in [2.05, 4.69) is 32.1 Å². The first-order chi connectivity index (χ1) is 14.8. The Bertz CT molecular complexity index is 847. The normalized spacial score (nSPS) is 16.3. The second-order valence-electron chi connectivity index (χ2n) is 7.57. The first-order valence-corrected chi connectivity index (χ1v) is 10.1. The molecule has 0 amide bonds. The first kappa shape index (κ1) is 22.9. The highest BCUT2D eigenvalue weighted by molar-refractivity contribution is 5.77. The van der Waals surface area contributed by atoms with Gasteiger partial charge in [0.1, 0.15) is 5.75 Å². The van der Waals surface area contributed by atoms with Gasteiger partial charge in [0.15, 0.2) is 5.96 Å². The van der Waals surface area contributed by atoms with Crippen molar-refractivity contribution in [3.63, 3.8) is 0 Å². The van der Waals surface area contributed by atoms with E-state index in [0.29, 0.717) is 12.1 Å². The molecule has 2 aromatic carbocycles. The maximum absolute atomic E-state index is 12.2. The molecular weight excluding hydrogens is 409 g/mol. The molecule has 0 bridgehead atoms. The van der Waals surface area contributed by atoms with E-state index in [-0.39, 0.29) is 24.4 Å². The number of ether oxygens (including phenoxy) is 1. The van der Waals surface area contributed by atoms with Crippen molar-refractivity contribution >= 4 is 5.96 Å². The molecule has 1 heterocycles. The van der Waals surface area contributed by atoms with Crippen molar-refractivity contribution in [3.05, 3.63) is 65.2 Å². The quantitative estimate of drug-likeness (QED) is 0.459. The molecule has 0 aromatic heterocycles. The van der Waals surface area contributed by atoms with Crippen LogP contribution in [0.3, 0.4) is 0 Å². The molecule has 0 saturated carbocycles. The molecule has 0 unspecified atom stereocenters. The standard InChI is InChI=1S/C22H27F3N4O2/c23-22(24,25)31-20-7-5-17(6-8-20)14-28-21(26)27-13-16-1-3-18(4-2-16)15-29-11-9-19(30)10-12-29/h1-8,19,30H,9-15H2,(H3,26,27,28). The van der Waals surface area contributed by atoms with E-state index < -0.39 is 6.36 Å². The maximum Gasteiger partial charge on any atom is 0.573 e. The highest BCUT2D eigenvalue weighted by Crippen LogP contribution is 2.22. The number of hydrogen-bond donors (Lipinski definition) is 3. The van der Waals surface area contributed by atoms with Gasteiger partial charge >= 0.3 is 6.36 Å². The van der Waals surface area contributed by atoms with Crippen molar-refractivity contribution in [3.8, 4) is 5.75 Å². The molecule has 1 aliphatic rings. The van der Waals surface area contributed by atoms with Crippen LogP contribution in [0.5, 0.6) is 5.75 Å². The number of halogens is 3. The van der Waals surface area contributed by atoms with Crippen LogP contribution < -0.4 is 15.8 Å². The van der Waals surface area contributed by atoms with Crippen LogP contribution in [0.1, 0.15) is 29.5 Å². The highest BCUT2D eigenvalue weighted by Gasteiger charge is 2.30. The van der Waals surface area contributed by atoms with Crippen LogP contribution in [0, 0.1) is 0 Å². The van der Waals surface area contributed by atoms with Crippen LogP contribution in [0.2, 0.25) is 0 Å². The molecule has 0 atom stereocenters. The van der Waals surface area contributed by atoms with Crippen molar-refractivity contribution in [1.82, 2.24) is 10.2 Å². The minimum atomic E-state index is -4.71. The molecule has 2 aromatic rings. The molecule has 0 spiro atoms. The Morgan fingerprint density at radius 2 is 1.61 bits per heavy atom. The lowest BCUT2D eigenvalue weighted by Gasteiger charge is -2.29. The van der Waals surface area contributed by atoms with Gasteiger partial charge in [0.2, 0.25) is 0 Å². The number of benzene rings is 2. The summed E-state index contributed by atoms with van der Waals surface area (Å²) in [5, 5.41) is 12.6. The third-order valence-corrected chi connectivity index (χ3v) is 5.05. The maximum atomic E-state index is 12.2. The van der Waals surface area contributed by atoms with Crippen LogP contribution in [0.4, 0.5) is 13.2 Å². The monoisotopic (exact) mass is 436 g/mol. The number of aliphatic hydroxyl groups is 1. The number of nitrogens with two attached hydrogens (primary N) is 1. The van der Waals surface area contributed by atoms with E-state index >= 15 is 0 Å². The van der Waals surface area contributed by atoms with Crippen LogP contribution in [0.25, 0.3) is 0 Å². The Kier molecular flexibility index (Phi) is 7.75. The van der Waals surface area contributed by atoms with E-state index in [1.165, 1.54) is 29.8 Å². The lowest BCUT2D eigenvalue weighted by Crippen LogP contribution is -2.35. The molecule has 0 aliphatic carbocycles. The molecule has 1 aliphatic heterocycles. The van der Waals surface area contributed by atoms with Gasteiger partial charge in [0.25, 0.3) is 0 Å². The highest BCUT2D eigenvalue weighted by atomic mass is 19.4. The zero-order valence-electron chi connectivity index (χ0n) is 17.1. The fourth-order valence-corrected chi connectivity index (χ4v) is 3.32. The van der Waals surface area contributed by atoms with Crippen LogP contribution in [-0.2, 0) is 19.6 Å². The number of hydrogen-bond acceptors (Lipinski definition) is 4. The van der Waals surface area contributed by atoms with Gasteiger partial charge in [-0.2, -0.15) is 0 Å². The average Bonchev–Trinajstić information content (AvgIpc) is 2.73. The van der Waals surface area contributed by atoms with Crippen LogP contribution in [0.15, 0.2) is 53.5 Å². The average molecular weight is 436 g/mol. The number of piperidine rings is 1. The zero-order chi connectivity index (χ0) is 22.3. The summed E-state index contributed by atoms with van der Waals surface area (Å²) in [5.41, 5.74) is 8.88. The lowest BCUT2D eigenvalue weighted by atomic mass is 10.1. The van der Waals surface area contributed by atoms with Gasteiger partial charge in [-0.25, -0.2) is 4.99 Å². The minimum absolute atomic E-state index is 0.167. The van der Waals surface area contributed by atoms with Gasteiger partial charge in [-0.3, -0.25) is 4.90 Å². The molecule has 6 nitrogen and oxygen atoms in total. The van der Waals surface area contributed by atoms with Crippen molar-refractivity contribution in [2.24, 2.45) is 10.7 Å².